The van der Waals surface area contributed by atoms with E-state index in [0.29, 0.717) is 5.56 Å². The largest absolute Gasteiger partial charge is 0.502 e. The van der Waals surface area contributed by atoms with Crippen LogP contribution in [0, 0.1) is 10.1 Å². The SMILES string of the molecule is C/C(=C\c1ccc(O)c([N+](=O)[O-])c1)C(=O)O. The molecule has 1 aromatic carbocycles. The molecule has 0 aliphatic heterocycles. The molecular formula is C10H9NO5. The lowest BCUT2D eigenvalue weighted by molar-refractivity contribution is -0.385. The maximum Gasteiger partial charge on any atom is 0.331 e. The highest BCUT2D eigenvalue weighted by atomic mass is 16.6. The van der Waals surface area contributed by atoms with Crippen LogP contribution in [-0.2, 0) is 4.79 Å². The van der Waals surface area contributed by atoms with Crippen molar-refractivity contribution in [1.29, 1.82) is 0 Å². The van der Waals surface area contributed by atoms with Crippen LogP contribution in [0.5, 0.6) is 5.75 Å². The van der Waals surface area contributed by atoms with Gasteiger partial charge in [0.25, 0.3) is 0 Å². The smallest absolute Gasteiger partial charge is 0.331 e. The highest BCUT2D eigenvalue weighted by molar-refractivity contribution is 5.91. The van der Waals surface area contributed by atoms with E-state index < -0.39 is 22.3 Å². The molecule has 0 aromatic heterocycles. The molecule has 16 heavy (non-hydrogen) atoms. The molecule has 6 nitrogen and oxygen atoms in total. The maximum absolute atomic E-state index is 10.5. The maximum atomic E-state index is 10.5. The van der Waals surface area contributed by atoms with Crippen LogP contribution in [0.1, 0.15) is 12.5 Å². The van der Waals surface area contributed by atoms with Gasteiger partial charge in [0, 0.05) is 11.6 Å². The molecule has 1 rings (SSSR count). The Kier molecular flexibility index (Phi) is 3.24. The third-order valence-corrected chi connectivity index (χ3v) is 1.92. The van der Waals surface area contributed by atoms with Gasteiger partial charge < -0.3 is 10.2 Å². The number of aromatic hydroxyl groups is 1. The molecule has 0 radical (unpaired) electrons. The molecule has 84 valence electrons. The number of hydrogen-bond acceptors (Lipinski definition) is 4. The molecule has 1 aromatic rings. The van der Waals surface area contributed by atoms with Crippen LogP contribution in [0.4, 0.5) is 5.69 Å². The molecule has 0 aliphatic carbocycles. The second-order valence-electron chi connectivity index (χ2n) is 3.14. The van der Waals surface area contributed by atoms with Gasteiger partial charge in [-0.05, 0) is 24.6 Å². The van der Waals surface area contributed by atoms with Gasteiger partial charge in [-0.2, -0.15) is 0 Å². The Hall–Kier alpha value is -2.37. The number of nitro benzene ring substituents is 1. The van der Waals surface area contributed by atoms with Crippen LogP contribution in [0.2, 0.25) is 0 Å². The first-order valence-corrected chi connectivity index (χ1v) is 4.31. The first kappa shape index (κ1) is 11.7. The van der Waals surface area contributed by atoms with Crippen LogP contribution < -0.4 is 0 Å². The summed E-state index contributed by atoms with van der Waals surface area (Å²) in [5, 5.41) is 28.3. The Bertz CT molecular complexity index is 478. The summed E-state index contributed by atoms with van der Waals surface area (Å²) >= 11 is 0. The van der Waals surface area contributed by atoms with E-state index in [0.717, 1.165) is 12.1 Å². The number of rotatable bonds is 3. The molecule has 0 saturated heterocycles. The minimum atomic E-state index is -1.10. The first-order chi connectivity index (χ1) is 7.41. The Balaban J connectivity index is 3.18. The van der Waals surface area contributed by atoms with E-state index in [1.807, 2.05) is 0 Å². The van der Waals surface area contributed by atoms with E-state index in [1.54, 1.807) is 0 Å². The number of carboxylic acids is 1. The third-order valence-electron chi connectivity index (χ3n) is 1.92. The number of nitrogens with zero attached hydrogens (tertiary/aromatic N) is 1. The molecule has 0 aliphatic rings. The van der Waals surface area contributed by atoms with Gasteiger partial charge in [-0.1, -0.05) is 6.07 Å². The average Bonchev–Trinajstić information content (AvgIpc) is 2.20. The number of phenols is 1. The van der Waals surface area contributed by atoms with Crippen LogP contribution >= 0.6 is 0 Å². The predicted molar refractivity (Wildman–Crippen MR) is 56.0 cm³/mol. The van der Waals surface area contributed by atoms with Gasteiger partial charge in [0.2, 0.25) is 0 Å². The van der Waals surface area contributed by atoms with E-state index in [-0.39, 0.29) is 5.57 Å². The van der Waals surface area contributed by atoms with Crippen molar-refractivity contribution in [2.24, 2.45) is 0 Å². The van der Waals surface area contributed by atoms with E-state index in [1.165, 1.54) is 19.1 Å². The molecule has 2 N–H and O–H groups in total. The Morgan fingerprint density at radius 1 is 1.50 bits per heavy atom. The zero-order valence-electron chi connectivity index (χ0n) is 8.38. The molecule has 0 heterocycles. The summed E-state index contributed by atoms with van der Waals surface area (Å²) in [7, 11) is 0. The monoisotopic (exact) mass is 223 g/mol. The molecule has 0 amide bonds. The van der Waals surface area contributed by atoms with E-state index in [2.05, 4.69) is 0 Å². The second kappa shape index (κ2) is 4.43. The molecule has 0 spiro atoms. The summed E-state index contributed by atoms with van der Waals surface area (Å²) in [6, 6.07) is 3.66. The summed E-state index contributed by atoms with van der Waals surface area (Å²) in [4.78, 5) is 20.3. The Labute approximate surface area is 90.6 Å². The quantitative estimate of drug-likeness (QED) is 0.462. The molecule has 0 bridgehead atoms. The zero-order chi connectivity index (χ0) is 12.3. The lowest BCUT2D eigenvalue weighted by Gasteiger charge is -1.98. The summed E-state index contributed by atoms with van der Waals surface area (Å²) in [5.41, 5.74) is -0.0451. The topological polar surface area (TPSA) is 101 Å². The Morgan fingerprint density at radius 2 is 2.12 bits per heavy atom. The highest BCUT2D eigenvalue weighted by Crippen LogP contribution is 2.27. The zero-order valence-corrected chi connectivity index (χ0v) is 8.38. The summed E-state index contributed by atoms with van der Waals surface area (Å²) < 4.78 is 0. The molecule has 0 saturated carbocycles. The van der Waals surface area contributed by atoms with Gasteiger partial charge >= 0.3 is 11.7 Å². The molecular weight excluding hydrogens is 214 g/mol. The predicted octanol–water partition coefficient (Wildman–Crippen LogP) is 1.79. The summed E-state index contributed by atoms with van der Waals surface area (Å²) in [6.45, 7) is 1.38. The fourth-order valence-electron chi connectivity index (χ4n) is 1.09. The molecule has 0 atom stereocenters. The van der Waals surface area contributed by atoms with Crippen molar-refractivity contribution in [3.8, 4) is 5.75 Å². The summed E-state index contributed by atoms with van der Waals surface area (Å²) in [5.74, 6) is -1.55. The van der Waals surface area contributed by atoms with Gasteiger partial charge in [0.15, 0.2) is 5.75 Å². The fourth-order valence-corrected chi connectivity index (χ4v) is 1.09. The third kappa shape index (κ3) is 2.57. The van der Waals surface area contributed by atoms with Gasteiger partial charge in [-0.3, -0.25) is 10.1 Å². The lowest BCUT2D eigenvalue weighted by atomic mass is 10.1. The number of nitro groups is 1. The number of benzene rings is 1. The molecule has 0 fully saturated rings. The van der Waals surface area contributed by atoms with Crippen LogP contribution in [0.15, 0.2) is 23.8 Å². The summed E-state index contributed by atoms with van der Waals surface area (Å²) in [6.07, 6.45) is 1.29. The van der Waals surface area contributed by atoms with Crippen LogP contribution in [0.3, 0.4) is 0 Å². The van der Waals surface area contributed by atoms with Crippen molar-refractivity contribution < 1.29 is 19.9 Å². The number of phenolic OH excluding ortho intramolecular Hbond substituents is 1. The highest BCUT2D eigenvalue weighted by Gasteiger charge is 2.13. The van der Waals surface area contributed by atoms with Crippen molar-refractivity contribution in [1.82, 2.24) is 0 Å². The van der Waals surface area contributed by atoms with Crippen molar-refractivity contribution in [3.05, 3.63) is 39.4 Å². The number of carbonyl (C=O) groups is 1. The number of hydrogen-bond donors (Lipinski definition) is 2. The van der Waals surface area contributed by atoms with Crippen molar-refractivity contribution in [2.75, 3.05) is 0 Å². The number of carboxylic acid groups (broad SMARTS) is 1. The minimum absolute atomic E-state index is 0.0555. The normalized spacial score (nSPS) is 11.2. The fraction of sp³-hybridized carbons (Fsp3) is 0.100. The lowest BCUT2D eigenvalue weighted by Crippen LogP contribution is -1.95. The van der Waals surface area contributed by atoms with Gasteiger partial charge in [0.1, 0.15) is 0 Å². The van der Waals surface area contributed by atoms with E-state index in [9.17, 15) is 20.0 Å². The van der Waals surface area contributed by atoms with Gasteiger partial charge in [-0.15, -0.1) is 0 Å². The Morgan fingerprint density at radius 3 is 2.62 bits per heavy atom. The van der Waals surface area contributed by atoms with Crippen molar-refractivity contribution >= 4 is 17.7 Å². The van der Waals surface area contributed by atoms with Crippen molar-refractivity contribution in [2.45, 2.75) is 6.92 Å². The van der Waals surface area contributed by atoms with Crippen molar-refractivity contribution in [3.63, 3.8) is 0 Å². The van der Waals surface area contributed by atoms with E-state index >= 15 is 0 Å². The molecule has 0 unspecified atom stereocenters. The molecule has 6 heteroatoms. The van der Waals surface area contributed by atoms with Crippen LogP contribution in [0.25, 0.3) is 6.08 Å². The average molecular weight is 223 g/mol. The van der Waals surface area contributed by atoms with Crippen LogP contribution in [-0.4, -0.2) is 21.1 Å². The first-order valence-electron chi connectivity index (χ1n) is 4.31. The standard InChI is InChI=1S/C10H9NO5/c1-6(10(13)14)4-7-2-3-9(12)8(5-7)11(15)16/h2-5,12H,1H3,(H,13,14)/b6-4+. The van der Waals surface area contributed by atoms with Gasteiger partial charge in [0.05, 0.1) is 4.92 Å². The van der Waals surface area contributed by atoms with E-state index in [4.69, 9.17) is 5.11 Å². The van der Waals surface area contributed by atoms with Gasteiger partial charge in [-0.25, -0.2) is 4.79 Å². The minimum Gasteiger partial charge on any atom is -0.502 e. The second-order valence-corrected chi connectivity index (χ2v) is 3.14. The number of aliphatic carboxylic acids is 1.